The van der Waals surface area contributed by atoms with E-state index in [1.807, 2.05) is 0 Å². The number of morpholine rings is 1. The molecule has 2 aromatic carbocycles. The number of amides is 1. The first-order valence-electron chi connectivity index (χ1n) is 11.3. The standard InChI is InChI=1S/C26H26FN3O5/c1-25(2,3)35-24(32)30-22-13-28-14-26(34-22)18-11-15(17-5-4-10-29-23(17)27)6-8-20(18)33-21-9-7-16(31)12-19(21)26/h4-12,22,28,31H,13-14H2,1-3H3,(H,30,32)/t22-,26?/m0/s1. The molecule has 1 aromatic heterocycles. The molecule has 2 atom stereocenters. The molecule has 0 radical (unpaired) electrons. The van der Waals surface area contributed by atoms with Crippen molar-refractivity contribution in [2.45, 2.75) is 38.2 Å². The summed E-state index contributed by atoms with van der Waals surface area (Å²) in [7, 11) is 0. The van der Waals surface area contributed by atoms with Crippen molar-refractivity contribution in [2.24, 2.45) is 0 Å². The topological polar surface area (TPSA) is 102 Å². The maximum absolute atomic E-state index is 14.5. The van der Waals surface area contributed by atoms with Crippen LogP contribution in [0.15, 0.2) is 54.7 Å². The maximum atomic E-state index is 14.5. The second-order valence-electron chi connectivity index (χ2n) is 9.55. The van der Waals surface area contributed by atoms with Crippen molar-refractivity contribution in [1.82, 2.24) is 15.6 Å². The fourth-order valence-electron chi connectivity index (χ4n) is 4.43. The Morgan fingerprint density at radius 2 is 1.94 bits per heavy atom. The smallest absolute Gasteiger partial charge is 0.409 e. The Morgan fingerprint density at radius 1 is 1.20 bits per heavy atom. The molecule has 1 fully saturated rings. The number of ether oxygens (including phenoxy) is 3. The maximum Gasteiger partial charge on any atom is 0.409 e. The van der Waals surface area contributed by atoms with E-state index in [9.17, 15) is 14.3 Å². The van der Waals surface area contributed by atoms with Crippen LogP contribution in [0.4, 0.5) is 9.18 Å². The zero-order valence-electron chi connectivity index (χ0n) is 19.6. The summed E-state index contributed by atoms with van der Waals surface area (Å²) in [5, 5.41) is 16.4. The van der Waals surface area contributed by atoms with Crippen molar-refractivity contribution in [1.29, 1.82) is 0 Å². The van der Waals surface area contributed by atoms with Gasteiger partial charge in [-0.15, -0.1) is 0 Å². The van der Waals surface area contributed by atoms with Gasteiger partial charge in [-0.2, -0.15) is 4.39 Å². The Kier molecular flexibility index (Phi) is 5.61. The first-order valence-corrected chi connectivity index (χ1v) is 11.3. The lowest BCUT2D eigenvalue weighted by Crippen LogP contribution is -2.58. The summed E-state index contributed by atoms with van der Waals surface area (Å²) in [4.78, 5) is 16.2. The molecule has 9 heteroatoms. The van der Waals surface area contributed by atoms with Gasteiger partial charge in [-0.25, -0.2) is 9.78 Å². The fourth-order valence-corrected chi connectivity index (χ4v) is 4.43. The SMILES string of the molecule is CC(C)(C)OC(=O)N[C@@H]1CNCC2(O1)c1cc(O)ccc1Oc1ccc(-c3cccnc3F)cc12. The molecule has 182 valence electrons. The summed E-state index contributed by atoms with van der Waals surface area (Å²) < 4.78 is 32.6. The summed E-state index contributed by atoms with van der Waals surface area (Å²) in [6.45, 7) is 6.00. The number of aromatic nitrogens is 1. The molecule has 0 saturated carbocycles. The molecule has 8 nitrogen and oxygen atoms in total. The van der Waals surface area contributed by atoms with Gasteiger partial charge in [0.25, 0.3) is 0 Å². The number of fused-ring (bicyclic) bond motifs is 4. The molecule has 1 amide bonds. The highest BCUT2D eigenvalue weighted by Crippen LogP contribution is 2.51. The first-order chi connectivity index (χ1) is 16.6. The third-order valence-corrected chi connectivity index (χ3v) is 5.83. The van der Waals surface area contributed by atoms with E-state index in [-0.39, 0.29) is 5.75 Å². The number of halogens is 1. The molecule has 35 heavy (non-hydrogen) atoms. The largest absolute Gasteiger partial charge is 0.508 e. The summed E-state index contributed by atoms with van der Waals surface area (Å²) in [6.07, 6.45) is 0.0246. The van der Waals surface area contributed by atoms with E-state index < -0.39 is 29.5 Å². The van der Waals surface area contributed by atoms with E-state index in [1.54, 1.807) is 63.2 Å². The Bertz CT molecular complexity index is 1290. The number of phenolic OH excluding ortho intramolecular Hbond substituents is 1. The van der Waals surface area contributed by atoms with Gasteiger partial charge in [-0.1, -0.05) is 6.07 Å². The zero-order valence-corrected chi connectivity index (χ0v) is 19.6. The Labute approximate surface area is 202 Å². The monoisotopic (exact) mass is 479 g/mol. The van der Waals surface area contributed by atoms with E-state index in [1.165, 1.54) is 12.3 Å². The number of carbonyl (C=O) groups excluding carboxylic acids is 1. The average molecular weight is 480 g/mol. The van der Waals surface area contributed by atoms with Crippen LogP contribution in [-0.4, -0.2) is 41.1 Å². The van der Waals surface area contributed by atoms with Crippen molar-refractivity contribution in [3.63, 3.8) is 0 Å². The Balaban J connectivity index is 1.59. The van der Waals surface area contributed by atoms with E-state index in [0.717, 1.165) is 0 Å². The molecule has 1 spiro atoms. The summed E-state index contributed by atoms with van der Waals surface area (Å²) in [5.74, 6) is 0.477. The number of benzene rings is 2. The van der Waals surface area contributed by atoms with Gasteiger partial charge in [-0.05, 0) is 68.8 Å². The number of hydrogen-bond donors (Lipinski definition) is 3. The average Bonchev–Trinajstić information content (AvgIpc) is 2.79. The lowest BCUT2D eigenvalue weighted by molar-refractivity contribution is -0.112. The number of alkyl carbamates (subject to hydrolysis) is 1. The minimum atomic E-state index is -1.14. The normalized spacial score (nSPS) is 21.0. The first kappa shape index (κ1) is 23.1. The van der Waals surface area contributed by atoms with Crippen LogP contribution in [0.2, 0.25) is 0 Å². The molecule has 0 bridgehead atoms. The van der Waals surface area contributed by atoms with E-state index in [4.69, 9.17) is 14.2 Å². The van der Waals surface area contributed by atoms with Crippen molar-refractivity contribution < 1.29 is 28.5 Å². The van der Waals surface area contributed by atoms with Gasteiger partial charge in [0.15, 0.2) is 0 Å². The van der Waals surface area contributed by atoms with Gasteiger partial charge in [-0.3, -0.25) is 5.32 Å². The van der Waals surface area contributed by atoms with Crippen LogP contribution in [0.5, 0.6) is 17.2 Å². The number of phenols is 1. The van der Waals surface area contributed by atoms with Crippen LogP contribution in [0.3, 0.4) is 0 Å². The van der Waals surface area contributed by atoms with Gasteiger partial charge in [0, 0.05) is 36.0 Å². The van der Waals surface area contributed by atoms with E-state index in [0.29, 0.717) is 46.8 Å². The molecule has 1 saturated heterocycles. The lowest BCUT2D eigenvalue weighted by Gasteiger charge is -2.45. The molecule has 1 unspecified atom stereocenters. The van der Waals surface area contributed by atoms with Crippen molar-refractivity contribution in [2.75, 3.05) is 13.1 Å². The van der Waals surface area contributed by atoms with Crippen LogP contribution in [0.25, 0.3) is 11.1 Å². The number of aromatic hydroxyl groups is 1. The molecule has 0 aliphatic carbocycles. The number of carbonyl (C=O) groups is 1. The highest BCUT2D eigenvalue weighted by molar-refractivity contribution is 5.70. The number of hydrogen-bond acceptors (Lipinski definition) is 7. The second-order valence-corrected chi connectivity index (χ2v) is 9.55. The van der Waals surface area contributed by atoms with Crippen molar-refractivity contribution in [3.05, 3.63) is 71.8 Å². The fraction of sp³-hybridized carbons (Fsp3) is 0.308. The Hall–Kier alpha value is -3.69. The number of rotatable bonds is 2. The van der Waals surface area contributed by atoms with Crippen LogP contribution >= 0.6 is 0 Å². The van der Waals surface area contributed by atoms with Crippen LogP contribution in [0, 0.1) is 5.95 Å². The summed E-state index contributed by atoms with van der Waals surface area (Å²) in [6, 6.07) is 13.4. The van der Waals surface area contributed by atoms with Gasteiger partial charge in [0.2, 0.25) is 5.95 Å². The predicted molar refractivity (Wildman–Crippen MR) is 126 cm³/mol. The van der Waals surface area contributed by atoms with Crippen LogP contribution in [0.1, 0.15) is 31.9 Å². The minimum Gasteiger partial charge on any atom is -0.508 e. The van der Waals surface area contributed by atoms with Crippen molar-refractivity contribution >= 4 is 6.09 Å². The Morgan fingerprint density at radius 3 is 2.69 bits per heavy atom. The molecule has 2 aliphatic rings. The number of pyridine rings is 1. The van der Waals surface area contributed by atoms with Crippen molar-refractivity contribution in [3.8, 4) is 28.4 Å². The summed E-state index contributed by atoms with van der Waals surface area (Å²) >= 11 is 0. The number of nitrogens with zero attached hydrogens (tertiary/aromatic N) is 1. The summed E-state index contributed by atoms with van der Waals surface area (Å²) in [5.41, 5.74) is 0.312. The highest BCUT2D eigenvalue weighted by Gasteiger charge is 2.48. The van der Waals surface area contributed by atoms with Gasteiger partial charge in [0.1, 0.15) is 34.7 Å². The van der Waals surface area contributed by atoms with Gasteiger partial charge in [0.05, 0.1) is 0 Å². The predicted octanol–water partition coefficient (Wildman–Crippen LogP) is 4.41. The highest BCUT2D eigenvalue weighted by atomic mass is 19.1. The van der Waals surface area contributed by atoms with Gasteiger partial charge < -0.3 is 24.6 Å². The third kappa shape index (κ3) is 4.40. The van der Waals surface area contributed by atoms with Gasteiger partial charge >= 0.3 is 6.09 Å². The number of nitrogens with one attached hydrogen (secondary N) is 2. The van der Waals surface area contributed by atoms with Crippen LogP contribution in [-0.2, 0) is 15.1 Å². The van der Waals surface area contributed by atoms with E-state index >= 15 is 0 Å². The minimum absolute atomic E-state index is 0.0375. The molecule has 2 aliphatic heterocycles. The molecule has 5 rings (SSSR count). The van der Waals surface area contributed by atoms with Crippen LogP contribution < -0.4 is 15.4 Å². The molecule has 3 aromatic rings. The molecule has 3 N–H and O–H groups in total. The molecular formula is C26H26FN3O5. The lowest BCUT2D eigenvalue weighted by atomic mass is 9.81. The molecular weight excluding hydrogens is 453 g/mol. The third-order valence-electron chi connectivity index (χ3n) is 5.83. The quantitative estimate of drug-likeness (QED) is 0.468. The van der Waals surface area contributed by atoms with E-state index in [2.05, 4.69) is 15.6 Å². The molecule has 3 heterocycles. The second kappa shape index (κ2) is 8.51. The zero-order chi connectivity index (χ0) is 24.8.